The van der Waals surface area contributed by atoms with Gasteiger partial charge in [0, 0.05) is 29.4 Å². The number of pyridine rings is 1. The van der Waals surface area contributed by atoms with Crippen molar-refractivity contribution in [3.8, 4) is 11.1 Å². The molecule has 2 amide bonds. The molecular formula is C25H23FN4O2. The van der Waals surface area contributed by atoms with Crippen molar-refractivity contribution in [3.63, 3.8) is 0 Å². The van der Waals surface area contributed by atoms with E-state index in [4.69, 9.17) is 5.73 Å². The molecule has 0 saturated carbocycles. The summed E-state index contributed by atoms with van der Waals surface area (Å²) in [5.74, 6) is -1.11. The molecule has 6 nitrogen and oxygen atoms in total. The Morgan fingerprint density at radius 3 is 2.66 bits per heavy atom. The number of fused-ring (bicyclic) bond motifs is 1. The van der Waals surface area contributed by atoms with Gasteiger partial charge < -0.3 is 16.0 Å². The molecule has 0 unspecified atom stereocenters. The fraction of sp³-hybridized carbons (Fsp3) is 0.160. The lowest BCUT2D eigenvalue weighted by molar-refractivity contribution is 0.0948. The normalized spacial score (nSPS) is 11.0. The van der Waals surface area contributed by atoms with Crippen molar-refractivity contribution in [2.75, 3.05) is 6.54 Å². The number of rotatable bonds is 6. The number of halogens is 1. The zero-order valence-corrected chi connectivity index (χ0v) is 17.8. The molecule has 2 aromatic heterocycles. The quantitative estimate of drug-likeness (QED) is 0.430. The maximum Gasteiger partial charge on any atom is 0.269 e. The number of nitrogens with zero attached hydrogens (tertiary/aromatic N) is 1. The van der Waals surface area contributed by atoms with Crippen LogP contribution in [0, 0.1) is 19.7 Å². The topological polar surface area (TPSA) is 101 Å². The molecule has 0 radical (unpaired) electrons. The first kappa shape index (κ1) is 21.2. The number of aromatic amines is 1. The number of aromatic nitrogens is 2. The third-order valence-electron chi connectivity index (χ3n) is 5.56. The van der Waals surface area contributed by atoms with Gasteiger partial charge >= 0.3 is 0 Å². The van der Waals surface area contributed by atoms with E-state index in [1.54, 1.807) is 42.6 Å². The first-order valence-electron chi connectivity index (χ1n) is 10.3. The molecule has 0 atom stereocenters. The maximum absolute atomic E-state index is 14.1. The fourth-order valence-corrected chi connectivity index (χ4v) is 3.93. The van der Waals surface area contributed by atoms with E-state index in [0.29, 0.717) is 24.0 Å². The van der Waals surface area contributed by atoms with Gasteiger partial charge in [-0.15, -0.1) is 0 Å². The molecule has 0 bridgehead atoms. The van der Waals surface area contributed by atoms with Gasteiger partial charge in [0.25, 0.3) is 5.91 Å². The first-order chi connectivity index (χ1) is 15.3. The number of hydrogen-bond donors (Lipinski definition) is 3. The number of aryl methyl sites for hydroxylation is 2. The van der Waals surface area contributed by atoms with E-state index in [0.717, 1.165) is 33.3 Å². The third kappa shape index (κ3) is 4.09. The molecule has 162 valence electrons. The van der Waals surface area contributed by atoms with Crippen LogP contribution in [0.5, 0.6) is 0 Å². The van der Waals surface area contributed by atoms with Crippen molar-refractivity contribution in [2.24, 2.45) is 5.73 Å². The number of carbonyl (C=O) groups excluding carboxylic acids is 2. The predicted molar refractivity (Wildman–Crippen MR) is 122 cm³/mol. The fourth-order valence-electron chi connectivity index (χ4n) is 3.93. The highest BCUT2D eigenvalue weighted by molar-refractivity contribution is 5.95. The van der Waals surface area contributed by atoms with E-state index in [1.807, 2.05) is 19.9 Å². The predicted octanol–water partition coefficient (Wildman–Crippen LogP) is 4.06. The van der Waals surface area contributed by atoms with Crippen molar-refractivity contribution < 1.29 is 14.0 Å². The highest BCUT2D eigenvalue weighted by atomic mass is 19.1. The summed E-state index contributed by atoms with van der Waals surface area (Å²) in [5, 5.41) is 3.76. The molecule has 0 aliphatic rings. The van der Waals surface area contributed by atoms with Crippen LogP contribution in [0.4, 0.5) is 4.39 Å². The average Bonchev–Trinajstić information content (AvgIpc) is 3.14. The van der Waals surface area contributed by atoms with Crippen LogP contribution in [0.1, 0.15) is 37.7 Å². The average molecular weight is 430 g/mol. The van der Waals surface area contributed by atoms with Crippen LogP contribution in [0.15, 0.2) is 54.7 Å². The molecule has 0 saturated heterocycles. The molecule has 32 heavy (non-hydrogen) atoms. The zero-order chi connectivity index (χ0) is 22.8. The number of primary amides is 1. The molecular weight excluding hydrogens is 407 g/mol. The monoisotopic (exact) mass is 430 g/mol. The first-order valence-corrected chi connectivity index (χ1v) is 10.3. The van der Waals surface area contributed by atoms with Crippen LogP contribution in [0.3, 0.4) is 0 Å². The molecule has 4 rings (SSSR count). The summed E-state index contributed by atoms with van der Waals surface area (Å²) in [6.45, 7) is 4.23. The van der Waals surface area contributed by atoms with Crippen LogP contribution < -0.4 is 11.1 Å². The van der Waals surface area contributed by atoms with Crippen molar-refractivity contribution in [2.45, 2.75) is 20.3 Å². The second-order valence-corrected chi connectivity index (χ2v) is 7.72. The van der Waals surface area contributed by atoms with E-state index in [1.165, 1.54) is 6.07 Å². The van der Waals surface area contributed by atoms with Gasteiger partial charge in [-0.1, -0.05) is 18.2 Å². The van der Waals surface area contributed by atoms with E-state index in [-0.39, 0.29) is 17.4 Å². The summed E-state index contributed by atoms with van der Waals surface area (Å²) in [6, 6.07) is 13.6. The Morgan fingerprint density at radius 2 is 1.88 bits per heavy atom. The highest BCUT2D eigenvalue weighted by Gasteiger charge is 2.15. The largest absolute Gasteiger partial charge is 0.366 e. The van der Waals surface area contributed by atoms with Crippen molar-refractivity contribution in [3.05, 3.63) is 88.6 Å². The molecule has 2 heterocycles. The van der Waals surface area contributed by atoms with Gasteiger partial charge in [0.05, 0.1) is 5.52 Å². The zero-order valence-electron chi connectivity index (χ0n) is 17.8. The Bertz CT molecular complexity index is 1340. The number of hydrogen-bond acceptors (Lipinski definition) is 3. The van der Waals surface area contributed by atoms with Gasteiger partial charge in [-0.2, -0.15) is 0 Å². The highest BCUT2D eigenvalue weighted by Crippen LogP contribution is 2.28. The summed E-state index contributed by atoms with van der Waals surface area (Å²) >= 11 is 0. The standard InChI is InChI=1S/C25H23FN4O2/c1-14-6-7-20(26)23-22(14)19(15(2)30-23)9-11-29-25(32)21-13-17(8-10-28-21)16-4-3-5-18(12-16)24(27)31/h3-8,10,12-13,30H,9,11H2,1-2H3,(H2,27,31)(H,29,32). The summed E-state index contributed by atoms with van der Waals surface area (Å²) in [5.41, 5.74) is 10.9. The van der Waals surface area contributed by atoms with Gasteiger partial charge in [0.15, 0.2) is 0 Å². The van der Waals surface area contributed by atoms with E-state index >= 15 is 0 Å². The van der Waals surface area contributed by atoms with Gasteiger partial charge in [-0.3, -0.25) is 14.6 Å². The smallest absolute Gasteiger partial charge is 0.269 e. The number of nitrogens with one attached hydrogen (secondary N) is 2. The Hall–Kier alpha value is -4.00. The molecule has 0 fully saturated rings. The minimum atomic E-state index is -0.512. The van der Waals surface area contributed by atoms with Crippen LogP contribution in [0.2, 0.25) is 0 Å². The molecule has 4 aromatic rings. The van der Waals surface area contributed by atoms with Crippen molar-refractivity contribution in [1.29, 1.82) is 0 Å². The molecule has 0 aliphatic carbocycles. The lowest BCUT2D eigenvalue weighted by Gasteiger charge is -2.08. The van der Waals surface area contributed by atoms with Crippen LogP contribution in [-0.2, 0) is 6.42 Å². The Morgan fingerprint density at radius 1 is 1.09 bits per heavy atom. The minimum Gasteiger partial charge on any atom is -0.366 e. The van der Waals surface area contributed by atoms with E-state index < -0.39 is 5.91 Å². The SMILES string of the molecule is Cc1[nH]c2c(F)ccc(C)c2c1CCNC(=O)c1cc(-c2cccc(C(N)=O)c2)ccn1. The van der Waals surface area contributed by atoms with Crippen LogP contribution in [-0.4, -0.2) is 28.3 Å². The number of benzene rings is 2. The van der Waals surface area contributed by atoms with Crippen molar-refractivity contribution in [1.82, 2.24) is 15.3 Å². The number of nitrogens with two attached hydrogens (primary N) is 1. The summed E-state index contributed by atoms with van der Waals surface area (Å²) in [4.78, 5) is 31.4. The number of amides is 2. The van der Waals surface area contributed by atoms with Crippen molar-refractivity contribution >= 4 is 22.7 Å². The summed E-state index contributed by atoms with van der Waals surface area (Å²) in [6.07, 6.45) is 2.11. The Kier molecular flexibility index (Phi) is 5.73. The lowest BCUT2D eigenvalue weighted by Crippen LogP contribution is -2.26. The lowest BCUT2D eigenvalue weighted by atomic mass is 10.0. The number of H-pyrrole nitrogens is 1. The van der Waals surface area contributed by atoms with Crippen LogP contribution in [0.25, 0.3) is 22.0 Å². The second kappa shape index (κ2) is 8.63. The second-order valence-electron chi connectivity index (χ2n) is 7.72. The molecule has 0 spiro atoms. The van der Waals surface area contributed by atoms with Gasteiger partial charge in [0.2, 0.25) is 5.91 Å². The van der Waals surface area contributed by atoms with E-state index in [2.05, 4.69) is 15.3 Å². The minimum absolute atomic E-state index is 0.268. The Balaban J connectivity index is 1.49. The van der Waals surface area contributed by atoms with E-state index in [9.17, 15) is 14.0 Å². The van der Waals surface area contributed by atoms with Gasteiger partial charge in [-0.25, -0.2) is 4.39 Å². The Labute approximate surface area is 184 Å². The molecule has 7 heteroatoms. The van der Waals surface area contributed by atoms with Crippen LogP contribution >= 0.6 is 0 Å². The third-order valence-corrected chi connectivity index (χ3v) is 5.56. The molecule has 4 N–H and O–H groups in total. The summed E-state index contributed by atoms with van der Waals surface area (Å²) < 4.78 is 14.1. The molecule has 0 aliphatic heterocycles. The van der Waals surface area contributed by atoms with Gasteiger partial charge in [0.1, 0.15) is 11.5 Å². The number of carbonyl (C=O) groups is 2. The molecule has 2 aromatic carbocycles. The van der Waals surface area contributed by atoms with Gasteiger partial charge in [-0.05, 0) is 72.9 Å². The maximum atomic E-state index is 14.1. The summed E-state index contributed by atoms with van der Waals surface area (Å²) in [7, 11) is 0.